The van der Waals surface area contributed by atoms with Crippen molar-refractivity contribution in [3.05, 3.63) is 63.5 Å². The van der Waals surface area contributed by atoms with Gasteiger partial charge in [0.25, 0.3) is 5.91 Å². The van der Waals surface area contributed by atoms with Crippen LogP contribution in [0.4, 0.5) is 15.8 Å². The van der Waals surface area contributed by atoms with Crippen LogP contribution in [0, 0.1) is 15.9 Å². The summed E-state index contributed by atoms with van der Waals surface area (Å²) in [4.78, 5) is 22.3. The van der Waals surface area contributed by atoms with Crippen molar-refractivity contribution in [3.63, 3.8) is 0 Å². The molecular weight excluding hydrogens is 343 g/mol. The van der Waals surface area contributed by atoms with Gasteiger partial charge in [-0.3, -0.25) is 14.9 Å². The number of nitro benzene ring substituents is 1. The third-order valence-corrected chi connectivity index (χ3v) is 3.70. The van der Waals surface area contributed by atoms with Crippen LogP contribution in [0.3, 0.4) is 0 Å². The zero-order valence-electron chi connectivity index (χ0n) is 13.8. The first-order valence-electron chi connectivity index (χ1n) is 7.84. The van der Waals surface area contributed by atoms with Gasteiger partial charge in [0.05, 0.1) is 17.1 Å². The van der Waals surface area contributed by atoms with Crippen LogP contribution < -0.4 is 14.8 Å². The molecule has 0 unspecified atom stereocenters. The molecule has 2 aromatic carbocycles. The van der Waals surface area contributed by atoms with Crippen molar-refractivity contribution in [1.29, 1.82) is 0 Å². The highest BCUT2D eigenvalue weighted by atomic mass is 19.1. The number of hydrogen-bond acceptors (Lipinski definition) is 5. The lowest BCUT2D eigenvalue weighted by Crippen LogP contribution is -2.21. The standard InChI is InChI=1S/C18H15FN2O5/c1-2-25-16-5-3-4-11-8-12(10-26-17(11)16)18(22)20-13-6-7-14(19)15(9-13)21(23)24/h3-9H,2,10H2,1H3,(H,20,22). The summed E-state index contributed by atoms with van der Waals surface area (Å²) in [5.41, 5.74) is 0.441. The number of benzene rings is 2. The molecule has 1 aliphatic heterocycles. The Labute approximate surface area is 148 Å². The number of hydrogen-bond donors (Lipinski definition) is 1. The lowest BCUT2D eigenvalue weighted by atomic mass is 10.1. The van der Waals surface area contributed by atoms with Gasteiger partial charge in [0, 0.05) is 17.3 Å². The number of nitrogens with zero attached hydrogens (tertiary/aromatic N) is 1. The maximum atomic E-state index is 13.4. The fourth-order valence-corrected chi connectivity index (χ4v) is 2.52. The molecule has 0 saturated heterocycles. The highest BCUT2D eigenvalue weighted by molar-refractivity contribution is 6.07. The maximum Gasteiger partial charge on any atom is 0.306 e. The van der Waals surface area contributed by atoms with Crippen LogP contribution >= 0.6 is 0 Å². The van der Waals surface area contributed by atoms with Crippen LogP contribution in [0.25, 0.3) is 6.08 Å². The van der Waals surface area contributed by atoms with E-state index in [-0.39, 0.29) is 12.3 Å². The van der Waals surface area contributed by atoms with Gasteiger partial charge in [-0.25, -0.2) is 0 Å². The second-order valence-corrected chi connectivity index (χ2v) is 5.44. The molecule has 8 heteroatoms. The quantitative estimate of drug-likeness (QED) is 0.652. The van der Waals surface area contributed by atoms with E-state index in [1.165, 1.54) is 6.07 Å². The Morgan fingerprint density at radius 3 is 2.92 bits per heavy atom. The van der Waals surface area contributed by atoms with Crippen molar-refractivity contribution in [2.45, 2.75) is 6.92 Å². The minimum absolute atomic E-state index is 0.0200. The van der Waals surface area contributed by atoms with Gasteiger partial charge < -0.3 is 14.8 Å². The number of para-hydroxylation sites is 1. The van der Waals surface area contributed by atoms with E-state index in [0.717, 1.165) is 12.1 Å². The molecule has 1 heterocycles. The topological polar surface area (TPSA) is 90.7 Å². The largest absolute Gasteiger partial charge is 0.490 e. The number of anilines is 1. The Kier molecular flexibility index (Phi) is 4.83. The summed E-state index contributed by atoms with van der Waals surface area (Å²) in [6.45, 7) is 2.37. The molecule has 0 fully saturated rings. The average molecular weight is 358 g/mol. The number of carbonyl (C=O) groups is 1. The Hall–Kier alpha value is -3.42. The Balaban J connectivity index is 1.82. The van der Waals surface area contributed by atoms with Gasteiger partial charge in [0.2, 0.25) is 5.82 Å². The number of nitrogens with one attached hydrogen (secondary N) is 1. The zero-order chi connectivity index (χ0) is 18.7. The van der Waals surface area contributed by atoms with Crippen LogP contribution in [-0.4, -0.2) is 24.0 Å². The fraction of sp³-hybridized carbons (Fsp3) is 0.167. The number of fused-ring (bicyclic) bond motifs is 1. The lowest BCUT2D eigenvalue weighted by Gasteiger charge is -2.20. The number of amides is 1. The van der Waals surface area contributed by atoms with E-state index in [1.54, 1.807) is 24.3 Å². The molecule has 7 nitrogen and oxygen atoms in total. The molecule has 0 aromatic heterocycles. The SMILES string of the molecule is CCOc1cccc2c1OCC(C(=O)Nc1ccc(F)c([N+](=O)[O-])c1)=C2. The van der Waals surface area contributed by atoms with Gasteiger partial charge in [0.1, 0.15) is 6.61 Å². The van der Waals surface area contributed by atoms with Crippen molar-refractivity contribution in [3.8, 4) is 11.5 Å². The molecule has 26 heavy (non-hydrogen) atoms. The molecule has 1 aliphatic rings. The third kappa shape index (κ3) is 3.49. The summed E-state index contributed by atoms with van der Waals surface area (Å²) >= 11 is 0. The summed E-state index contributed by atoms with van der Waals surface area (Å²) < 4.78 is 24.5. The molecule has 0 saturated carbocycles. The Morgan fingerprint density at radius 2 is 2.19 bits per heavy atom. The highest BCUT2D eigenvalue weighted by Crippen LogP contribution is 2.36. The van der Waals surface area contributed by atoms with Gasteiger partial charge >= 0.3 is 5.69 Å². The third-order valence-electron chi connectivity index (χ3n) is 3.70. The number of halogens is 1. The van der Waals surface area contributed by atoms with Gasteiger partial charge in [-0.05, 0) is 31.2 Å². The van der Waals surface area contributed by atoms with Crippen LogP contribution in [0.2, 0.25) is 0 Å². The predicted molar refractivity (Wildman–Crippen MR) is 92.8 cm³/mol. The van der Waals surface area contributed by atoms with E-state index >= 15 is 0 Å². The summed E-state index contributed by atoms with van der Waals surface area (Å²) in [5, 5.41) is 13.3. The summed E-state index contributed by atoms with van der Waals surface area (Å²) in [5.74, 6) is -0.304. The van der Waals surface area contributed by atoms with E-state index in [1.807, 2.05) is 6.92 Å². The monoisotopic (exact) mass is 358 g/mol. The molecule has 1 N–H and O–H groups in total. The van der Waals surface area contributed by atoms with Crippen LogP contribution in [-0.2, 0) is 4.79 Å². The fourth-order valence-electron chi connectivity index (χ4n) is 2.52. The van der Waals surface area contributed by atoms with E-state index < -0.39 is 22.3 Å². The number of nitro groups is 1. The molecule has 134 valence electrons. The highest BCUT2D eigenvalue weighted by Gasteiger charge is 2.21. The van der Waals surface area contributed by atoms with Crippen LogP contribution in [0.1, 0.15) is 12.5 Å². The minimum atomic E-state index is -0.967. The second kappa shape index (κ2) is 7.22. The lowest BCUT2D eigenvalue weighted by molar-refractivity contribution is -0.387. The molecule has 0 radical (unpaired) electrons. The summed E-state index contributed by atoms with van der Waals surface area (Å²) in [7, 11) is 0. The number of rotatable bonds is 5. The first kappa shape index (κ1) is 17.4. The molecule has 0 atom stereocenters. The van der Waals surface area contributed by atoms with Crippen LogP contribution in [0.5, 0.6) is 11.5 Å². The van der Waals surface area contributed by atoms with Gasteiger partial charge in [-0.2, -0.15) is 4.39 Å². The molecule has 1 amide bonds. The first-order valence-corrected chi connectivity index (χ1v) is 7.84. The van der Waals surface area contributed by atoms with E-state index in [4.69, 9.17) is 9.47 Å². The van der Waals surface area contributed by atoms with Crippen molar-refractivity contribution in [2.75, 3.05) is 18.5 Å². The van der Waals surface area contributed by atoms with E-state index in [2.05, 4.69) is 5.32 Å². The van der Waals surface area contributed by atoms with E-state index in [9.17, 15) is 19.3 Å². The molecule has 3 rings (SSSR count). The summed E-state index contributed by atoms with van der Waals surface area (Å²) in [6, 6.07) is 8.51. The molecular formula is C18H15FN2O5. The molecule has 0 aliphatic carbocycles. The van der Waals surface area contributed by atoms with Gasteiger partial charge in [0.15, 0.2) is 11.5 Å². The van der Waals surface area contributed by atoms with Crippen LogP contribution in [0.15, 0.2) is 42.0 Å². The smallest absolute Gasteiger partial charge is 0.306 e. The first-order chi connectivity index (χ1) is 12.5. The predicted octanol–water partition coefficient (Wildman–Crippen LogP) is 3.55. The van der Waals surface area contributed by atoms with Crippen molar-refractivity contribution in [2.24, 2.45) is 0 Å². The van der Waals surface area contributed by atoms with Gasteiger partial charge in [-0.15, -0.1) is 0 Å². The van der Waals surface area contributed by atoms with Gasteiger partial charge in [-0.1, -0.05) is 12.1 Å². The number of carbonyl (C=O) groups excluding carboxylic acids is 1. The van der Waals surface area contributed by atoms with Crippen molar-refractivity contribution >= 4 is 23.4 Å². The van der Waals surface area contributed by atoms with Crippen molar-refractivity contribution < 1.29 is 23.6 Å². The van der Waals surface area contributed by atoms with Crippen molar-refractivity contribution in [1.82, 2.24) is 0 Å². The molecule has 0 bridgehead atoms. The maximum absolute atomic E-state index is 13.4. The second-order valence-electron chi connectivity index (χ2n) is 5.44. The minimum Gasteiger partial charge on any atom is -0.490 e. The number of ether oxygens (including phenoxy) is 2. The summed E-state index contributed by atoms with van der Waals surface area (Å²) in [6.07, 6.45) is 1.66. The zero-order valence-corrected chi connectivity index (χ0v) is 13.8. The molecule has 0 spiro atoms. The molecule has 2 aromatic rings. The Morgan fingerprint density at radius 1 is 1.38 bits per heavy atom. The Bertz CT molecular complexity index is 910. The normalized spacial score (nSPS) is 12.5. The average Bonchev–Trinajstić information content (AvgIpc) is 2.63. The van der Waals surface area contributed by atoms with E-state index in [0.29, 0.717) is 29.2 Å².